The van der Waals surface area contributed by atoms with E-state index in [1.54, 1.807) is 17.5 Å². The number of fused-ring (bicyclic) bond motifs is 1. The Bertz CT molecular complexity index is 1110. The van der Waals surface area contributed by atoms with E-state index in [-0.39, 0.29) is 0 Å². The Morgan fingerprint density at radius 2 is 1.90 bits per heavy atom. The van der Waals surface area contributed by atoms with Crippen LogP contribution in [0.3, 0.4) is 0 Å². The quantitative estimate of drug-likeness (QED) is 0.410. The molecule has 1 aromatic carbocycles. The molecule has 1 atom stereocenters. The maximum atomic E-state index is 5.13. The molecule has 1 saturated heterocycles. The Morgan fingerprint density at radius 3 is 2.69 bits per heavy atom. The fraction of sp³-hybridized carbons (Fsp3) is 0.292. The Morgan fingerprint density at radius 1 is 1.03 bits per heavy atom. The molecule has 1 aliphatic heterocycles. The summed E-state index contributed by atoms with van der Waals surface area (Å²) >= 11 is 1.71. The Labute approximate surface area is 175 Å². The van der Waals surface area contributed by atoms with Crippen LogP contribution in [-0.2, 0) is 0 Å². The van der Waals surface area contributed by atoms with Gasteiger partial charge in [0.1, 0.15) is 10.6 Å². The normalized spacial score (nSPS) is 17.0. The molecule has 0 radical (unpaired) electrons. The zero-order chi connectivity index (χ0) is 19.6. The highest BCUT2D eigenvalue weighted by Crippen LogP contribution is 2.41. The first-order valence-corrected chi connectivity index (χ1v) is 11.2. The molecule has 0 bridgehead atoms. The standard InChI is InChI=1S/C24H24N4S/c1-2-19-12-6-7-14-28(19)23-21-20(17-9-4-3-5-10-17)16-29-24(21)27-22(26-23)18-11-8-13-25-15-18/h3-5,8-11,13,15-16,19H,2,6-7,12,14H2,1H3/t19-/m1/s1. The number of hydrogen-bond donors (Lipinski definition) is 0. The molecule has 4 nitrogen and oxygen atoms in total. The molecule has 1 fully saturated rings. The fourth-order valence-electron chi connectivity index (χ4n) is 4.29. The van der Waals surface area contributed by atoms with Crippen LogP contribution in [0, 0.1) is 0 Å². The topological polar surface area (TPSA) is 41.9 Å². The Hall–Kier alpha value is -2.79. The molecule has 0 N–H and O–H groups in total. The highest BCUT2D eigenvalue weighted by atomic mass is 32.1. The van der Waals surface area contributed by atoms with Gasteiger partial charge in [-0.05, 0) is 43.4 Å². The molecule has 5 heteroatoms. The molecular weight excluding hydrogens is 376 g/mol. The third-order valence-corrected chi connectivity index (χ3v) is 6.66. The number of rotatable bonds is 4. The highest BCUT2D eigenvalue weighted by Gasteiger charge is 2.27. The minimum Gasteiger partial charge on any atom is -0.353 e. The smallest absolute Gasteiger partial charge is 0.164 e. The number of thiophene rings is 1. The van der Waals surface area contributed by atoms with E-state index in [4.69, 9.17) is 9.97 Å². The lowest BCUT2D eigenvalue weighted by Gasteiger charge is -2.36. The van der Waals surface area contributed by atoms with Crippen LogP contribution in [0.2, 0.25) is 0 Å². The second-order valence-electron chi connectivity index (χ2n) is 7.56. The van der Waals surface area contributed by atoms with Crippen molar-refractivity contribution in [2.24, 2.45) is 0 Å². The molecular formula is C24H24N4S. The zero-order valence-electron chi connectivity index (χ0n) is 16.6. The van der Waals surface area contributed by atoms with E-state index in [1.165, 1.54) is 35.8 Å². The minimum atomic E-state index is 0.534. The van der Waals surface area contributed by atoms with E-state index in [9.17, 15) is 0 Å². The summed E-state index contributed by atoms with van der Waals surface area (Å²) in [5.74, 6) is 1.85. The van der Waals surface area contributed by atoms with Gasteiger partial charge in [0.2, 0.25) is 0 Å². The highest BCUT2D eigenvalue weighted by molar-refractivity contribution is 7.17. The molecule has 0 saturated carbocycles. The van der Waals surface area contributed by atoms with Gasteiger partial charge in [0.15, 0.2) is 5.82 Å². The molecule has 0 unspecified atom stereocenters. The van der Waals surface area contributed by atoms with Crippen LogP contribution >= 0.6 is 11.3 Å². The molecule has 0 spiro atoms. The number of nitrogens with zero attached hydrogens (tertiary/aromatic N) is 4. The lowest BCUT2D eigenvalue weighted by molar-refractivity contribution is 0.448. The number of piperidine rings is 1. The van der Waals surface area contributed by atoms with E-state index in [0.29, 0.717) is 6.04 Å². The number of aromatic nitrogens is 3. The van der Waals surface area contributed by atoms with Gasteiger partial charge in [-0.1, -0.05) is 37.3 Å². The van der Waals surface area contributed by atoms with Crippen LogP contribution in [0.1, 0.15) is 32.6 Å². The average molecular weight is 401 g/mol. The number of benzene rings is 1. The van der Waals surface area contributed by atoms with E-state index in [2.05, 4.69) is 52.5 Å². The van der Waals surface area contributed by atoms with Crippen LogP contribution in [0.4, 0.5) is 5.82 Å². The van der Waals surface area contributed by atoms with Crippen LogP contribution in [-0.4, -0.2) is 27.5 Å². The van der Waals surface area contributed by atoms with Gasteiger partial charge in [-0.15, -0.1) is 11.3 Å². The van der Waals surface area contributed by atoms with E-state index in [0.717, 1.165) is 35.0 Å². The fourth-order valence-corrected chi connectivity index (χ4v) is 5.23. The van der Waals surface area contributed by atoms with Crippen molar-refractivity contribution in [3.05, 3.63) is 60.2 Å². The summed E-state index contributed by atoms with van der Waals surface area (Å²) < 4.78 is 0. The van der Waals surface area contributed by atoms with E-state index < -0.39 is 0 Å². The first-order chi connectivity index (χ1) is 14.3. The first-order valence-electron chi connectivity index (χ1n) is 10.4. The second-order valence-corrected chi connectivity index (χ2v) is 8.42. The van der Waals surface area contributed by atoms with Gasteiger partial charge in [-0.2, -0.15) is 0 Å². The first kappa shape index (κ1) is 18.3. The molecule has 0 aliphatic carbocycles. The van der Waals surface area contributed by atoms with Crippen LogP contribution in [0.15, 0.2) is 60.2 Å². The van der Waals surface area contributed by atoms with Crippen molar-refractivity contribution >= 4 is 27.4 Å². The third kappa shape index (κ3) is 3.40. The molecule has 146 valence electrons. The predicted octanol–water partition coefficient (Wildman–Crippen LogP) is 6.19. The largest absolute Gasteiger partial charge is 0.353 e. The summed E-state index contributed by atoms with van der Waals surface area (Å²) in [6, 6.07) is 15.1. The predicted molar refractivity (Wildman–Crippen MR) is 121 cm³/mol. The van der Waals surface area contributed by atoms with E-state index >= 15 is 0 Å². The van der Waals surface area contributed by atoms with Crippen molar-refractivity contribution in [1.82, 2.24) is 15.0 Å². The molecule has 29 heavy (non-hydrogen) atoms. The summed E-state index contributed by atoms with van der Waals surface area (Å²) in [6.45, 7) is 3.34. The van der Waals surface area contributed by atoms with Gasteiger partial charge in [-0.25, -0.2) is 9.97 Å². The van der Waals surface area contributed by atoms with Crippen LogP contribution in [0.5, 0.6) is 0 Å². The van der Waals surface area contributed by atoms with Gasteiger partial charge in [0, 0.05) is 41.5 Å². The number of pyridine rings is 1. The number of hydrogen-bond acceptors (Lipinski definition) is 5. The van der Waals surface area contributed by atoms with Crippen molar-refractivity contribution < 1.29 is 0 Å². The van der Waals surface area contributed by atoms with Gasteiger partial charge in [0.25, 0.3) is 0 Å². The van der Waals surface area contributed by atoms with E-state index in [1.807, 2.05) is 18.3 Å². The zero-order valence-corrected chi connectivity index (χ0v) is 17.4. The molecule has 1 aliphatic rings. The van der Waals surface area contributed by atoms with Crippen molar-refractivity contribution in [2.75, 3.05) is 11.4 Å². The van der Waals surface area contributed by atoms with Crippen molar-refractivity contribution in [1.29, 1.82) is 0 Å². The molecule has 3 aromatic heterocycles. The van der Waals surface area contributed by atoms with Crippen molar-refractivity contribution in [3.63, 3.8) is 0 Å². The molecule has 4 heterocycles. The minimum absolute atomic E-state index is 0.534. The lowest BCUT2D eigenvalue weighted by atomic mass is 9.98. The summed E-state index contributed by atoms with van der Waals surface area (Å²) in [5.41, 5.74) is 3.43. The summed E-state index contributed by atoms with van der Waals surface area (Å²) in [6.07, 6.45) is 8.53. The van der Waals surface area contributed by atoms with Crippen molar-refractivity contribution in [2.45, 2.75) is 38.6 Å². The summed E-state index contributed by atoms with van der Waals surface area (Å²) in [4.78, 5) is 17.9. The summed E-state index contributed by atoms with van der Waals surface area (Å²) in [5, 5.41) is 3.42. The maximum absolute atomic E-state index is 5.13. The maximum Gasteiger partial charge on any atom is 0.164 e. The lowest BCUT2D eigenvalue weighted by Crippen LogP contribution is -2.39. The molecule has 5 rings (SSSR count). The average Bonchev–Trinajstić information content (AvgIpc) is 3.24. The monoisotopic (exact) mass is 400 g/mol. The van der Waals surface area contributed by atoms with Crippen LogP contribution < -0.4 is 4.90 Å². The van der Waals surface area contributed by atoms with Gasteiger partial charge < -0.3 is 4.90 Å². The summed E-state index contributed by atoms with van der Waals surface area (Å²) in [7, 11) is 0. The SMILES string of the molecule is CC[C@@H]1CCCCN1c1nc(-c2cccnc2)nc2scc(-c3ccccc3)c12. The number of anilines is 1. The second kappa shape index (κ2) is 7.91. The van der Waals surface area contributed by atoms with Gasteiger partial charge in [-0.3, -0.25) is 4.98 Å². The van der Waals surface area contributed by atoms with Gasteiger partial charge >= 0.3 is 0 Å². The molecule has 4 aromatic rings. The van der Waals surface area contributed by atoms with Gasteiger partial charge in [0.05, 0.1) is 5.39 Å². The van der Waals surface area contributed by atoms with Crippen LogP contribution in [0.25, 0.3) is 32.7 Å². The van der Waals surface area contributed by atoms with Crippen molar-refractivity contribution in [3.8, 4) is 22.5 Å². The molecule has 0 amide bonds. The third-order valence-electron chi connectivity index (χ3n) is 5.79. The Balaban J connectivity index is 1.75. The Kier molecular flexibility index (Phi) is 4.98.